The largest absolute Gasteiger partial charge is 0.497 e. The number of ether oxygens (including phenoxy) is 1. The molecule has 3 aromatic rings. The van der Waals surface area contributed by atoms with Gasteiger partial charge >= 0.3 is 0 Å². The summed E-state index contributed by atoms with van der Waals surface area (Å²) in [6, 6.07) is 18.8. The minimum absolute atomic E-state index is 0.0281. The summed E-state index contributed by atoms with van der Waals surface area (Å²) in [4.78, 5) is 4.84. The highest BCUT2D eigenvalue weighted by Crippen LogP contribution is 2.29. The monoisotopic (exact) mass is 392 g/mol. The van der Waals surface area contributed by atoms with E-state index in [9.17, 15) is 0 Å². The van der Waals surface area contributed by atoms with Crippen molar-refractivity contribution in [2.75, 3.05) is 40.3 Å². The van der Waals surface area contributed by atoms with Crippen LogP contribution >= 0.6 is 0 Å². The Morgan fingerprint density at radius 3 is 2.38 bits per heavy atom. The molecule has 7 nitrogen and oxygen atoms in total. The van der Waals surface area contributed by atoms with E-state index in [1.807, 2.05) is 22.9 Å². The van der Waals surface area contributed by atoms with Crippen LogP contribution < -0.4 is 4.74 Å². The molecule has 1 aliphatic heterocycles. The van der Waals surface area contributed by atoms with E-state index >= 15 is 0 Å². The summed E-state index contributed by atoms with van der Waals surface area (Å²) >= 11 is 0. The molecular formula is C22H28N6O. The second-order valence-corrected chi connectivity index (χ2v) is 7.51. The molecule has 0 amide bonds. The van der Waals surface area contributed by atoms with Gasteiger partial charge in [0.15, 0.2) is 5.82 Å². The van der Waals surface area contributed by atoms with E-state index < -0.39 is 0 Å². The Hall–Kier alpha value is -2.77. The summed E-state index contributed by atoms with van der Waals surface area (Å²) in [5, 5.41) is 12.8. The molecule has 4 rings (SSSR count). The van der Waals surface area contributed by atoms with Gasteiger partial charge in [0.05, 0.1) is 13.2 Å². The van der Waals surface area contributed by atoms with Crippen molar-refractivity contribution in [2.45, 2.75) is 19.0 Å². The lowest BCUT2D eigenvalue weighted by atomic mass is 10.0. The van der Waals surface area contributed by atoms with Gasteiger partial charge in [-0.1, -0.05) is 42.5 Å². The van der Waals surface area contributed by atoms with E-state index in [1.165, 1.54) is 11.1 Å². The third-order valence-electron chi connectivity index (χ3n) is 5.59. The van der Waals surface area contributed by atoms with Crippen LogP contribution in [0.3, 0.4) is 0 Å². The van der Waals surface area contributed by atoms with Crippen molar-refractivity contribution in [1.82, 2.24) is 30.0 Å². The first-order valence-corrected chi connectivity index (χ1v) is 10.1. The number of methoxy groups -OCH3 is 1. The molecule has 0 radical (unpaired) electrons. The van der Waals surface area contributed by atoms with Gasteiger partial charge in [-0.2, -0.15) is 0 Å². The van der Waals surface area contributed by atoms with Crippen LogP contribution in [0.5, 0.6) is 5.75 Å². The molecule has 0 spiro atoms. The SMILES string of the molecule is COc1ccc(C(c2nnnn2CCc2ccccc2)N2CCN(C)CC2)cc1. The molecule has 0 N–H and O–H groups in total. The average molecular weight is 393 g/mol. The van der Waals surface area contributed by atoms with Gasteiger partial charge in [-0.3, -0.25) is 4.90 Å². The second kappa shape index (κ2) is 9.15. The predicted octanol–water partition coefficient (Wildman–Crippen LogP) is 2.26. The average Bonchev–Trinajstić information content (AvgIpc) is 3.23. The summed E-state index contributed by atoms with van der Waals surface area (Å²) in [6.07, 6.45) is 0.900. The highest BCUT2D eigenvalue weighted by atomic mass is 16.5. The number of benzene rings is 2. The number of aromatic nitrogens is 4. The van der Waals surface area contributed by atoms with Crippen molar-refractivity contribution in [2.24, 2.45) is 0 Å². The Morgan fingerprint density at radius 1 is 0.966 bits per heavy atom. The molecule has 152 valence electrons. The first-order chi connectivity index (χ1) is 14.2. The van der Waals surface area contributed by atoms with Crippen molar-refractivity contribution in [3.8, 4) is 5.75 Å². The van der Waals surface area contributed by atoms with E-state index in [4.69, 9.17) is 4.74 Å². The van der Waals surface area contributed by atoms with Crippen molar-refractivity contribution in [3.05, 3.63) is 71.5 Å². The molecule has 7 heteroatoms. The molecule has 1 saturated heterocycles. The minimum atomic E-state index is 0.0281. The van der Waals surface area contributed by atoms with Crippen LogP contribution in [0.25, 0.3) is 0 Å². The van der Waals surface area contributed by atoms with E-state index in [0.717, 1.165) is 50.7 Å². The van der Waals surface area contributed by atoms with Crippen molar-refractivity contribution in [1.29, 1.82) is 0 Å². The molecular weight excluding hydrogens is 364 g/mol. The number of hydrogen-bond donors (Lipinski definition) is 0. The maximum Gasteiger partial charge on any atom is 0.173 e. The number of hydrogen-bond acceptors (Lipinski definition) is 6. The lowest BCUT2D eigenvalue weighted by Gasteiger charge is -2.37. The van der Waals surface area contributed by atoms with E-state index in [0.29, 0.717) is 0 Å². The summed E-state index contributed by atoms with van der Waals surface area (Å²) in [6.45, 7) is 4.81. The van der Waals surface area contributed by atoms with Crippen LogP contribution in [-0.2, 0) is 13.0 Å². The topological polar surface area (TPSA) is 59.3 Å². The van der Waals surface area contributed by atoms with Crippen LogP contribution in [0.4, 0.5) is 0 Å². The molecule has 1 fully saturated rings. The second-order valence-electron chi connectivity index (χ2n) is 7.51. The molecule has 1 aliphatic rings. The zero-order valence-electron chi connectivity index (χ0n) is 17.1. The normalized spacial score (nSPS) is 16.6. The molecule has 0 bridgehead atoms. The van der Waals surface area contributed by atoms with Gasteiger partial charge < -0.3 is 9.64 Å². The Kier molecular flexibility index (Phi) is 6.17. The molecule has 0 saturated carbocycles. The van der Waals surface area contributed by atoms with E-state index in [-0.39, 0.29) is 6.04 Å². The lowest BCUT2D eigenvalue weighted by molar-refractivity contribution is 0.121. The fourth-order valence-electron chi connectivity index (χ4n) is 3.84. The summed E-state index contributed by atoms with van der Waals surface area (Å²) in [7, 11) is 3.86. The quantitative estimate of drug-likeness (QED) is 0.615. The summed E-state index contributed by atoms with van der Waals surface area (Å²) in [5.74, 6) is 1.75. The maximum absolute atomic E-state index is 5.34. The highest BCUT2D eigenvalue weighted by Gasteiger charge is 2.29. The Balaban J connectivity index is 1.61. The van der Waals surface area contributed by atoms with Gasteiger partial charge in [0.1, 0.15) is 5.75 Å². The van der Waals surface area contributed by atoms with Gasteiger partial charge in [-0.05, 0) is 47.2 Å². The van der Waals surface area contributed by atoms with Gasteiger partial charge in [0.25, 0.3) is 0 Å². The molecule has 0 aliphatic carbocycles. The van der Waals surface area contributed by atoms with E-state index in [2.05, 4.69) is 68.8 Å². The zero-order valence-corrected chi connectivity index (χ0v) is 17.1. The third kappa shape index (κ3) is 4.63. The molecule has 1 aromatic heterocycles. The van der Waals surface area contributed by atoms with Crippen molar-refractivity contribution < 1.29 is 4.74 Å². The molecule has 1 atom stereocenters. The molecule has 1 unspecified atom stereocenters. The number of rotatable bonds is 7. The number of aryl methyl sites for hydroxylation is 2. The summed E-state index contributed by atoms with van der Waals surface area (Å²) < 4.78 is 7.30. The zero-order chi connectivity index (χ0) is 20.1. The first kappa shape index (κ1) is 19.5. The minimum Gasteiger partial charge on any atom is -0.497 e. The van der Waals surface area contributed by atoms with Crippen LogP contribution in [0.15, 0.2) is 54.6 Å². The van der Waals surface area contributed by atoms with Crippen molar-refractivity contribution >= 4 is 0 Å². The van der Waals surface area contributed by atoms with Gasteiger partial charge in [0.2, 0.25) is 0 Å². The first-order valence-electron chi connectivity index (χ1n) is 10.1. The highest BCUT2D eigenvalue weighted by molar-refractivity contribution is 5.32. The standard InChI is InChI=1S/C22H28N6O/c1-26-14-16-27(17-15-26)21(19-8-10-20(29-2)11-9-19)22-23-24-25-28(22)13-12-18-6-4-3-5-7-18/h3-11,21H,12-17H2,1-2H3. The van der Waals surface area contributed by atoms with Gasteiger partial charge in [-0.15, -0.1) is 5.10 Å². The fraction of sp³-hybridized carbons (Fsp3) is 0.409. The lowest BCUT2D eigenvalue weighted by Crippen LogP contribution is -2.46. The van der Waals surface area contributed by atoms with Crippen LogP contribution in [0.1, 0.15) is 23.0 Å². The van der Waals surface area contributed by atoms with Gasteiger partial charge in [-0.25, -0.2) is 4.68 Å². The third-order valence-corrected chi connectivity index (χ3v) is 5.59. The van der Waals surface area contributed by atoms with Crippen LogP contribution in [-0.4, -0.2) is 70.3 Å². The van der Waals surface area contributed by atoms with Gasteiger partial charge in [0, 0.05) is 32.7 Å². The number of likely N-dealkylation sites (N-methyl/N-ethyl adjacent to an activating group) is 1. The molecule has 2 heterocycles. The number of piperazine rings is 1. The number of nitrogens with zero attached hydrogens (tertiary/aromatic N) is 6. The van der Waals surface area contributed by atoms with E-state index in [1.54, 1.807) is 7.11 Å². The Morgan fingerprint density at radius 2 is 1.69 bits per heavy atom. The predicted molar refractivity (Wildman–Crippen MR) is 112 cm³/mol. The van der Waals surface area contributed by atoms with Crippen molar-refractivity contribution in [3.63, 3.8) is 0 Å². The smallest absolute Gasteiger partial charge is 0.173 e. The fourth-order valence-corrected chi connectivity index (χ4v) is 3.84. The molecule has 29 heavy (non-hydrogen) atoms. The molecule has 2 aromatic carbocycles. The van der Waals surface area contributed by atoms with Crippen LogP contribution in [0, 0.1) is 0 Å². The summed E-state index contributed by atoms with van der Waals surface area (Å²) in [5.41, 5.74) is 2.47. The Bertz CT molecular complexity index is 887. The van der Waals surface area contributed by atoms with Crippen LogP contribution in [0.2, 0.25) is 0 Å². The Labute approximate surface area is 171 Å². The maximum atomic E-state index is 5.34. The number of tetrazole rings is 1.